The summed E-state index contributed by atoms with van der Waals surface area (Å²) >= 11 is 0. The zero-order valence-corrected chi connectivity index (χ0v) is 11.1. The molecule has 1 fully saturated rings. The van der Waals surface area contributed by atoms with Crippen molar-refractivity contribution in [1.82, 2.24) is 4.90 Å². The molecular weight excluding hydrogens is 242 g/mol. The molecule has 1 aliphatic rings. The average molecular weight is 261 g/mol. The van der Waals surface area contributed by atoms with Crippen LogP contribution in [0.4, 0.5) is 0 Å². The molecule has 0 bridgehead atoms. The largest absolute Gasteiger partial charge is 0.496 e. The molecule has 0 aromatic heterocycles. The van der Waals surface area contributed by atoms with E-state index in [-0.39, 0.29) is 12.5 Å². The van der Waals surface area contributed by atoms with Crippen LogP contribution in [0.3, 0.4) is 0 Å². The predicted octanol–water partition coefficient (Wildman–Crippen LogP) is 1.69. The number of carbonyl (C=O) groups excluding carboxylic acids is 1. The van der Waals surface area contributed by atoms with E-state index >= 15 is 0 Å². The van der Waals surface area contributed by atoms with Crippen LogP contribution in [-0.4, -0.2) is 42.2 Å². The van der Waals surface area contributed by atoms with Gasteiger partial charge in [0.25, 0.3) is 0 Å². The SMILES string of the molecule is COc1ccccc1/C=C/C(=O)N(CCO)C1CC1. The third kappa shape index (κ3) is 3.58. The van der Waals surface area contributed by atoms with Gasteiger partial charge in [0, 0.05) is 24.2 Å². The van der Waals surface area contributed by atoms with E-state index < -0.39 is 0 Å². The number of hydrogen-bond donors (Lipinski definition) is 1. The van der Waals surface area contributed by atoms with E-state index in [0.717, 1.165) is 24.2 Å². The van der Waals surface area contributed by atoms with E-state index in [9.17, 15) is 4.79 Å². The Morgan fingerprint density at radius 1 is 1.47 bits per heavy atom. The molecule has 1 aliphatic carbocycles. The summed E-state index contributed by atoms with van der Waals surface area (Å²) in [4.78, 5) is 13.8. The van der Waals surface area contributed by atoms with E-state index in [1.165, 1.54) is 0 Å². The van der Waals surface area contributed by atoms with Crippen LogP contribution in [0.25, 0.3) is 6.08 Å². The molecule has 1 N–H and O–H groups in total. The highest BCUT2D eigenvalue weighted by Gasteiger charge is 2.30. The maximum Gasteiger partial charge on any atom is 0.246 e. The topological polar surface area (TPSA) is 49.8 Å². The third-order valence-corrected chi connectivity index (χ3v) is 3.16. The zero-order valence-electron chi connectivity index (χ0n) is 11.1. The van der Waals surface area contributed by atoms with Crippen molar-refractivity contribution in [3.05, 3.63) is 35.9 Å². The number of carbonyl (C=O) groups is 1. The van der Waals surface area contributed by atoms with E-state index in [4.69, 9.17) is 9.84 Å². The quantitative estimate of drug-likeness (QED) is 0.793. The highest BCUT2D eigenvalue weighted by Crippen LogP contribution is 2.27. The van der Waals surface area contributed by atoms with E-state index in [1.807, 2.05) is 24.3 Å². The molecule has 4 nitrogen and oxygen atoms in total. The Morgan fingerprint density at radius 2 is 2.21 bits per heavy atom. The van der Waals surface area contributed by atoms with Crippen LogP contribution >= 0.6 is 0 Å². The van der Waals surface area contributed by atoms with Crippen molar-refractivity contribution in [2.75, 3.05) is 20.3 Å². The van der Waals surface area contributed by atoms with Crippen LogP contribution in [0.5, 0.6) is 5.75 Å². The summed E-state index contributed by atoms with van der Waals surface area (Å²) in [7, 11) is 1.61. The molecule has 0 unspecified atom stereocenters. The molecule has 1 aromatic carbocycles. The first-order valence-electron chi connectivity index (χ1n) is 6.49. The maximum absolute atomic E-state index is 12.1. The lowest BCUT2D eigenvalue weighted by molar-refractivity contribution is -0.127. The lowest BCUT2D eigenvalue weighted by Crippen LogP contribution is -2.34. The van der Waals surface area contributed by atoms with Crippen molar-refractivity contribution in [2.45, 2.75) is 18.9 Å². The number of nitrogens with zero attached hydrogens (tertiary/aromatic N) is 1. The second-order valence-electron chi connectivity index (χ2n) is 4.56. The minimum Gasteiger partial charge on any atom is -0.496 e. The molecule has 0 heterocycles. The molecule has 0 atom stereocenters. The minimum absolute atomic E-state index is 0.00470. The molecule has 0 saturated heterocycles. The Morgan fingerprint density at radius 3 is 2.84 bits per heavy atom. The van der Waals surface area contributed by atoms with Gasteiger partial charge in [-0.1, -0.05) is 18.2 Å². The van der Waals surface area contributed by atoms with Gasteiger partial charge in [-0.05, 0) is 25.0 Å². The van der Waals surface area contributed by atoms with Gasteiger partial charge in [0.15, 0.2) is 0 Å². The Bertz CT molecular complexity index is 466. The molecular formula is C15H19NO3. The van der Waals surface area contributed by atoms with Gasteiger partial charge >= 0.3 is 0 Å². The maximum atomic E-state index is 12.1. The number of methoxy groups -OCH3 is 1. The summed E-state index contributed by atoms with van der Waals surface area (Å²) in [6.45, 7) is 0.407. The fraction of sp³-hybridized carbons (Fsp3) is 0.400. The third-order valence-electron chi connectivity index (χ3n) is 3.16. The van der Waals surface area contributed by atoms with Crippen molar-refractivity contribution >= 4 is 12.0 Å². The number of ether oxygens (including phenoxy) is 1. The van der Waals surface area contributed by atoms with Crippen LogP contribution in [0.15, 0.2) is 30.3 Å². The number of para-hydroxylation sites is 1. The van der Waals surface area contributed by atoms with Gasteiger partial charge in [0.1, 0.15) is 5.75 Å². The first-order chi connectivity index (χ1) is 9.26. The van der Waals surface area contributed by atoms with Crippen molar-refractivity contribution < 1.29 is 14.6 Å². The molecule has 19 heavy (non-hydrogen) atoms. The molecule has 1 aromatic rings. The van der Waals surface area contributed by atoms with Crippen molar-refractivity contribution in [3.63, 3.8) is 0 Å². The van der Waals surface area contributed by atoms with Gasteiger partial charge < -0.3 is 14.7 Å². The van der Waals surface area contributed by atoms with Crippen LogP contribution in [0.1, 0.15) is 18.4 Å². The smallest absolute Gasteiger partial charge is 0.246 e. The fourth-order valence-electron chi connectivity index (χ4n) is 2.03. The van der Waals surface area contributed by atoms with Crippen LogP contribution < -0.4 is 4.74 Å². The molecule has 0 spiro atoms. The summed E-state index contributed by atoms with van der Waals surface area (Å²) in [5, 5.41) is 8.99. The summed E-state index contributed by atoms with van der Waals surface area (Å²) in [5.41, 5.74) is 0.873. The number of amides is 1. The highest BCUT2D eigenvalue weighted by molar-refractivity contribution is 5.92. The molecule has 1 amide bonds. The van der Waals surface area contributed by atoms with Gasteiger partial charge in [-0.15, -0.1) is 0 Å². The second-order valence-corrected chi connectivity index (χ2v) is 4.56. The van der Waals surface area contributed by atoms with Crippen molar-refractivity contribution in [3.8, 4) is 5.75 Å². The number of aliphatic hydroxyl groups excluding tert-OH is 1. The van der Waals surface area contributed by atoms with Gasteiger partial charge in [0.05, 0.1) is 13.7 Å². The number of hydrogen-bond acceptors (Lipinski definition) is 3. The van der Waals surface area contributed by atoms with E-state index in [0.29, 0.717) is 12.6 Å². The molecule has 102 valence electrons. The van der Waals surface area contributed by atoms with Gasteiger partial charge in [-0.25, -0.2) is 0 Å². The monoisotopic (exact) mass is 261 g/mol. The number of rotatable bonds is 6. The fourth-order valence-corrected chi connectivity index (χ4v) is 2.03. The lowest BCUT2D eigenvalue weighted by Gasteiger charge is -2.19. The van der Waals surface area contributed by atoms with E-state index in [1.54, 1.807) is 24.2 Å². The van der Waals surface area contributed by atoms with Gasteiger partial charge in [-0.3, -0.25) is 4.79 Å². The standard InChI is InChI=1S/C15H19NO3/c1-19-14-5-3-2-4-12(14)6-9-15(18)16(10-11-17)13-7-8-13/h2-6,9,13,17H,7-8,10-11H2,1H3/b9-6+. The molecule has 0 radical (unpaired) electrons. The first-order valence-corrected chi connectivity index (χ1v) is 6.49. The Balaban J connectivity index is 2.06. The molecule has 1 saturated carbocycles. The summed E-state index contributed by atoms with van der Waals surface area (Å²) in [6, 6.07) is 7.85. The normalized spacial score (nSPS) is 14.6. The lowest BCUT2D eigenvalue weighted by atomic mass is 10.2. The van der Waals surface area contributed by atoms with Crippen LogP contribution in [-0.2, 0) is 4.79 Å². The molecule has 4 heteroatoms. The Hall–Kier alpha value is -1.81. The van der Waals surface area contributed by atoms with Crippen LogP contribution in [0, 0.1) is 0 Å². The highest BCUT2D eigenvalue weighted by atomic mass is 16.5. The summed E-state index contributed by atoms with van der Waals surface area (Å²) in [6.07, 6.45) is 5.38. The minimum atomic E-state index is -0.0533. The predicted molar refractivity (Wildman–Crippen MR) is 73.8 cm³/mol. The van der Waals surface area contributed by atoms with Crippen molar-refractivity contribution in [1.29, 1.82) is 0 Å². The molecule has 0 aliphatic heterocycles. The summed E-state index contributed by atoms with van der Waals surface area (Å²) < 4.78 is 5.23. The van der Waals surface area contributed by atoms with Crippen molar-refractivity contribution in [2.24, 2.45) is 0 Å². The second kappa shape index (κ2) is 6.38. The number of aliphatic hydroxyl groups is 1. The zero-order chi connectivity index (χ0) is 13.7. The van der Waals surface area contributed by atoms with E-state index in [2.05, 4.69) is 0 Å². The Kier molecular flexibility index (Phi) is 4.58. The number of benzene rings is 1. The first kappa shape index (κ1) is 13.6. The van der Waals surface area contributed by atoms with Gasteiger partial charge in [0.2, 0.25) is 5.91 Å². The Labute approximate surface area is 113 Å². The molecule has 2 rings (SSSR count). The van der Waals surface area contributed by atoms with Gasteiger partial charge in [-0.2, -0.15) is 0 Å². The van der Waals surface area contributed by atoms with Crippen LogP contribution in [0.2, 0.25) is 0 Å². The average Bonchev–Trinajstić information content (AvgIpc) is 3.27. The summed E-state index contributed by atoms with van der Waals surface area (Å²) in [5.74, 6) is 0.689.